The molecule has 0 N–H and O–H groups in total. The Kier molecular flexibility index (Phi) is 2.33. The molecule has 0 heterocycles. The molecule has 0 unspecified atom stereocenters. The van der Waals surface area contributed by atoms with Crippen molar-refractivity contribution in [3.8, 4) is 0 Å². The monoisotopic (exact) mass is 232 g/mol. The van der Waals surface area contributed by atoms with Crippen molar-refractivity contribution in [2.24, 2.45) is 29.1 Å². The summed E-state index contributed by atoms with van der Waals surface area (Å²) < 4.78 is 0. The minimum Gasteiger partial charge on any atom is -0.299 e. The second kappa shape index (κ2) is 3.54. The Bertz CT molecular complexity index is 405. The molecule has 4 aliphatic rings. The molecule has 0 aliphatic heterocycles. The highest BCUT2D eigenvalue weighted by molar-refractivity contribution is 5.97. The van der Waals surface area contributed by atoms with Gasteiger partial charge in [-0.15, -0.1) is 0 Å². The summed E-state index contributed by atoms with van der Waals surface area (Å²) in [5.74, 6) is 1.23. The number of ketones is 2. The maximum atomic E-state index is 12.4. The highest BCUT2D eigenvalue weighted by Crippen LogP contribution is 2.54. The van der Waals surface area contributed by atoms with Crippen molar-refractivity contribution in [2.45, 2.75) is 39.5 Å². The summed E-state index contributed by atoms with van der Waals surface area (Å²) in [6.07, 6.45) is 8.20. The van der Waals surface area contributed by atoms with E-state index in [0.717, 1.165) is 19.3 Å². The number of hydrogen-bond acceptors (Lipinski definition) is 2. The van der Waals surface area contributed by atoms with Crippen molar-refractivity contribution in [2.75, 3.05) is 0 Å². The molecule has 2 saturated carbocycles. The molecule has 4 aliphatic carbocycles. The minimum absolute atomic E-state index is 0.00743. The Balaban J connectivity index is 2.06. The Morgan fingerprint density at radius 2 is 1.94 bits per heavy atom. The van der Waals surface area contributed by atoms with Gasteiger partial charge in [-0.25, -0.2) is 0 Å². The van der Waals surface area contributed by atoms with Crippen LogP contribution in [0.3, 0.4) is 0 Å². The third kappa shape index (κ3) is 1.39. The topological polar surface area (TPSA) is 34.1 Å². The van der Waals surface area contributed by atoms with E-state index < -0.39 is 0 Å². The minimum atomic E-state index is -0.259. The van der Waals surface area contributed by atoms with Gasteiger partial charge in [0.05, 0.1) is 0 Å². The first-order valence-electron chi connectivity index (χ1n) is 6.79. The maximum absolute atomic E-state index is 12.4. The van der Waals surface area contributed by atoms with Crippen LogP contribution in [0.1, 0.15) is 39.5 Å². The fourth-order valence-electron chi connectivity index (χ4n) is 4.26. The highest BCUT2D eigenvalue weighted by Gasteiger charge is 2.56. The molecule has 4 rings (SSSR count). The summed E-state index contributed by atoms with van der Waals surface area (Å²) in [4.78, 5) is 24.6. The third-order valence-corrected chi connectivity index (χ3v) is 5.19. The van der Waals surface area contributed by atoms with Crippen LogP contribution >= 0.6 is 0 Å². The van der Waals surface area contributed by atoms with E-state index >= 15 is 0 Å². The summed E-state index contributed by atoms with van der Waals surface area (Å²) in [6, 6.07) is 0. The van der Waals surface area contributed by atoms with E-state index in [1.54, 1.807) is 0 Å². The van der Waals surface area contributed by atoms with E-state index in [0.29, 0.717) is 23.9 Å². The number of Topliss-reactive ketones (excluding diaryl/α,β-unsaturated/α-hetero) is 2. The summed E-state index contributed by atoms with van der Waals surface area (Å²) in [5, 5.41) is 0. The molecule has 0 aromatic heterocycles. The molecular formula is C15H20O2. The summed E-state index contributed by atoms with van der Waals surface area (Å²) in [5.41, 5.74) is -0.259. The van der Waals surface area contributed by atoms with Crippen LogP contribution in [-0.2, 0) is 9.59 Å². The molecule has 0 spiro atoms. The van der Waals surface area contributed by atoms with Crippen LogP contribution in [0, 0.1) is 29.1 Å². The van der Waals surface area contributed by atoms with E-state index in [9.17, 15) is 9.59 Å². The Labute approximate surface area is 102 Å². The van der Waals surface area contributed by atoms with Crippen molar-refractivity contribution < 1.29 is 9.59 Å². The Morgan fingerprint density at radius 1 is 1.18 bits per heavy atom. The molecule has 4 atom stereocenters. The first-order chi connectivity index (χ1) is 8.03. The smallest absolute Gasteiger partial charge is 0.146 e. The van der Waals surface area contributed by atoms with Gasteiger partial charge in [0, 0.05) is 23.7 Å². The number of fused-ring (bicyclic) bond motifs is 1. The van der Waals surface area contributed by atoms with Crippen LogP contribution in [0.5, 0.6) is 0 Å². The summed E-state index contributed by atoms with van der Waals surface area (Å²) in [6.45, 7) is 4.12. The van der Waals surface area contributed by atoms with Gasteiger partial charge in [-0.05, 0) is 24.7 Å². The van der Waals surface area contributed by atoms with E-state index in [1.807, 2.05) is 6.08 Å². The molecule has 2 bridgehead atoms. The number of hydrogen-bond donors (Lipinski definition) is 0. The van der Waals surface area contributed by atoms with Crippen LogP contribution in [0.15, 0.2) is 12.2 Å². The fraction of sp³-hybridized carbons (Fsp3) is 0.733. The predicted molar refractivity (Wildman–Crippen MR) is 65.4 cm³/mol. The number of carbonyl (C=O) groups is 2. The van der Waals surface area contributed by atoms with E-state index in [-0.39, 0.29) is 23.2 Å². The molecule has 0 aromatic carbocycles. The van der Waals surface area contributed by atoms with Crippen LogP contribution < -0.4 is 0 Å². The molecule has 0 saturated heterocycles. The number of carbonyl (C=O) groups excluding carboxylic acids is 2. The zero-order valence-electron chi connectivity index (χ0n) is 10.6. The molecule has 0 amide bonds. The first-order valence-corrected chi connectivity index (χ1v) is 6.79. The predicted octanol–water partition coefficient (Wildman–Crippen LogP) is 2.77. The first kappa shape index (κ1) is 11.2. The molecule has 92 valence electrons. The third-order valence-electron chi connectivity index (χ3n) is 5.19. The van der Waals surface area contributed by atoms with Crippen molar-refractivity contribution in [3.05, 3.63) is 12.2 Å². The molecule has 0 aromatic rings. The lowest BCUT2D eigenvalue weighted by Crippen LogP contribution is -2.55. The zero-order valence-corrected chi connectivity index (χ0v) is 10.6. The second-order valence-electron chi connectivity index (χ2n) is 6.42. The van der Waals surface area contributed by atoms with Crippen molar-refractivity contribution in [1.29, 1.82) is 0 Å². The SMILES string of the molecule is CC1(C)C(=O)[C@H]2C=C[C@@H]1[C@@H]1CCCCC(=O)[C@@H]12. The molecule has 2 fully saturated rings. The normalized spacial score (nSPS) is 43.4. The Hall–Kier alpha value is -0.920. The molecule has 0 radical (unpaired) electrons. The van der Waals surface area contributed by atoms with Crippen LogP contribution in [0.25, 0.3) is 0 Å². The summed E-state index contributed by atoms with van der Waals surface area (Å²) >= 11 is 0. The molecule has 17 heavy (non-hydrogen) atoms. The van der Waals surface area contributed by atoms with Gasteiger partial charge in [-0.3, -0.25) is 9.59 Å². The second-order valence-corrected chi connectivity index (χ2v) is 6.42. The lowest BCUT2D eigenvalue weighted by Gasteiger charge is -2.51. The lowest BCUT2D eigenvalue weighted by atomic mass is 9.50. The van der Waals surface area contributed by atoms with Crippen molar-refractivity contribution in [3.63, 3.8) is 0 Å². The van der Waals surface area contributed by atoms with Crippen LogP contribution in [-0.4, -0.2) is 11.6 Å². The van der Waals surface area contributed by atoms with Gasteiger partial charge in [-0.1, -0.05) is 32.4 Å². The van der Waals surface area contributed by atoms with Gasteiger partial charge >= 0.3 is 0 Å². The zero-order chi connectivity index (χ0) is 12.2. The van der Waals surface area contributed by atoms with Gasteiger partial charge in [0.15, 0.2) is 0 Å². The van der Waals surface area contributed by atoms with Gasteiger partial charge < -0.3 is 0 Å². The Morgan fingerprint density at radius 3 is 2.71 bits per heavy atom. The quantitative estimate of drug-likeness (QED) is 0.602. The van der Waals surface area contributed by atoms with Gasteiger partial charge in [0.1, 0.15) is 11.6 Å². The number of allylic oxidation sites excluding steroid dienone is 2. The standard InChI is InChI=1S/C15H20O2/c1-15(2)11-8-7-10(14(15)17)13-9(11)5-3-4-6-12(13)16/h7-11,13H,3-6H2,1-2H3/t9-,10-,11+,13-/m0/s1. The fourth-order valence-corrected chi connectivity index (χ4v) is 4.26. The molecule has 2 heteroatoms. The van der Waals surface area contributed by atoms with Crippen LogP contribution in [0.2, 0.25) is 0 Å². The van der Waals surface area contributed by atoms with E-state index in [2.05, 4.69) is 19.9 Å². The average molecular weight is 232 g/mol. The maximum Gasteiger partial charge on any atom is 0.146 e. The molecular weight excluding hydrogens is 212 g/mol. The highest BCUT2D eigenvalue weighted by atomic mass is 16.1. The largest absolute Gasteiger partial charge is 0.299 e. The summed E-state index contributed by atoms with van der Waals surface area (Å²) in [7, 11) is 0. The lowest BCUT2D eigenvalue weighted by molar-refractivity contribution is -0.149. The van der Waals surface area contributed by atoms with E-state index in [1.165, 1.54) is 0 Å². The van der Waals surface area contributed by atoms with E-state index in [4.69, 9.17) is 0 Å². The average Bonchev–Trinajstić information content (AvgIpc) is 2.48. The van der Waals surface area contributed by atoms with Crippen molar-refractivity contribution in [1.82, 2.24) is 0 Å². The number of rotatable bonds is 0. The van der Waals surface area contributed by atoms with Gasteiger partial charge in [0.25, 0.3) is 0 Å². The van der Waals surface area contributed by atoms with Gasteiger partial charge in [-0.2, -0.15) is 0 Å². The van der Waals surface area contributed by atoms with Gasteiger partial charge in [0.2, 0.25) is 0 Å². The van der Waals surface area contributed by atoms with Crippen molar-refractivity contribution >= 4 is 11.6 Å². The molecule has 2 nitrogen and oxygen atoms in total. The van der Waals surface area contributed by atoms with Crippen LogP contribution in [0.4, 0.5) is 0 Å².